The lowest BCUT2D eigenvalue weighted by Crippen LogP contribution is -2.35. The van der Waals surface area contributed by atoms with Gasteiger partial charge in [-0.1, -0.05) is 19.9 Å². The second-order valence-corrected chi connectivity index (χ2v) is 5.05. The van der Waals surface area contributed by atoms with Gasteiger partial charge >= 0.3 is 0 Å². The van der Waals surface area contributed by atoms with E-state index < -0.39 is 0 Å². The molecule has 1 unspecified atom stereocenters. The van der Waals surface area contributed by atoms with Crippen molar-refractivity contribution >= 4 is 18.3 Å². The molecule has 108 valence electrons. The van der Waals surface area contributed by atoms with Crippen LogP contribution >= 0.6 is 12.4 Å². The molecule has 5 heteroatoms. The fourth-order valence-electron chi connectivity index (χ4n) is 1.61. The van der Waals surface area contributed by atoms with E-state index in [4.69, 9.17) is 5.73 Å². The van der Waals surface area contributed by atoms with Gasteiger partial charge < -0.3 is 10.6 Å². The first-order chi connectivity index (χ1) is 8.50. The van der Waals surface area contributed by atoms with Crippen LogP contribution in [0, 0.1) is 5.92 Å². The Kier molecular flexibility index (Phi) is 8.35. The minimum atomic E-state index is 0. The molecule has 0 bridgehead atoms. The van der Waals surface area contributed by atoms with Gasteiger partial charge in [0.05, 0.1) is 6.42 Å². The van der Waals surface area contributed by atoms with E-state index in [0.29, 0.717) is 18.9 Å². The Morgan fingerprint density at radius 1 is 1.47 bits per heavy atom. The smallest absolute Gasteiger partial charge is 0.226 e. The number of nitrogens with two attached hydrogens (primary N) is 1. The van der Waals surface area contributed by atoms with E-state index >= 15 is 0 Å². The molecule has 19 heavy (non-hydrogen) atoms. The molecular weight excluding hydrogens is 262 g/mol. The summed E-state index contributed by atoms with van der Waals surface area (Å²) in [4.78, 5) is 17.7. The van der Waals surface area contributed by atoms with Crippen molar-refractivity contribution in [2.75, 3.05) is 13.6 Å². The molecular formula is C14H24ClN3O. The fourth-order valence-corrected chi connectivity index (χ4v) is 1.61. The van der Waals surface area contributed by atoms with Gasteiger partial charge in [0.25, 0.3) is 0 Å². The highest BCUT2D eigenvalue weighted by Gasteiger charge is 2.13. The normalized spacial score (nSPS) is 11.8. The van der Waals surface area contributed by atoms with Gasteiger partial charge in [0, 0.05) is 32.0 Å². The van der Waals surface area contributed by atoms with Crippen LogP contribution in [0.1, 0.15) is 25.8 Å². The van der Waals surface area contributed by atoms with Crippen molar-refractivity contribution < 1.29 is 4.79 Å². The first kappa shape index (κ1) is 17.9. The number of carbonyl (C=O) groups is 1. The summed E-state index contributed by atoms with van der Waals surface area (Å²) < 4.78 is 0. The Morgan fingerprint density at radius 2 is 2.16 bits per heavy atom. The summed E-state index contributed by atoms with van der Waals surface area (Å²) in [5, 5.41) is 0. The molecule has 0 aliphatic rings. The molecule has 4 nitrogen and oxygen atoms in total. The second kappa shape index (κ2) is 8.88. The highest BCUT2D eigenvalue weighted by Crippen LogP contribution is 2.05. The molecule has 0 saturated carbocycles. The average Bonchev–Trinajstić information content (AvgIpc) is 2.36. The SMILES string of the molecule is CC(C)C(N)CCN(C)C(=O)Cc1cccnc1.Cl. The Bertz CT molecular complexity index is 370. The highest BCUT2D eigenvalue weighted by molar-refractivity contribution is 5.85. The molecule has 1 aromatic heterocycles. The zero-order chi connectivity index (χ0) is 13.5. The summed E-state index contributed by atoms with van der Waals surface area (Å²) in [7, 11) is 1.83. The van der Waals surface area contributed by atoms with E-state index in [1.165, 1.54) is 0 Å². The van der Waals surface area contributed by atoms with Crippen LogP contribution in [-0.2, 0) is 11.2 Å². The van der Waals surface area contributed by atoms with Crippen LogP contribution in [0.5, 0.6) is 0 Å². The summed E-state index contributed by atoms with van der Waals surface area (Å²) in [5.74, 6) is 0.561. The predicted molar refractivity (Wildman–Crippen MR) is 80.3 cm³/mol. The number of hydrogen-bond acceptors (Lipinski definition) is 3. The van der Waals surface area contributed by atoms with Gasteiger partial charge in [-0.3, -0.25) is 9.78 Å². The minimum absolute atomic E-state index is 0. The monoisotopic (exact) mass is 285 g/mol. The first-order valence-corrected chi connectivity index (χ1v) is 6.39. The number of nitrogens with zero attached hydrogens (tertiary/aromatic N) is 2. The maximum Gasteiger partial charge on any atom is 0.226 e. The third-order valence-electron chi connectivity index (χ3n) is 3.16. The Hall–Kier alpha value is -1.13. The topological polar surface area (TPSA) is 59.2 Å². The molecule has 0 aliphatic carbocycles. The molecule has 0 radical (unpaired) electrons. The van der Waals surface area contributed by atoms with Gasteiger partial charge in [-0.05, 0) is 24.0 Å². The molecule has 0 saturated heterocycles. The van der Waals surface area contributed by atoms with E-state index in [2.05, 4.69) is 18.8 Å². The zero-order valence-corrected chi connectivity index (χ0v) is 12.7. The van der Waals surface area contributed by atoms with Crippen LogP contribution in [0.15, 0.2) is 24.5 Å². The Balaban J connectivity index is 0.00000324. The maximum atomic E-state index is 12.0. The molecule has 1 aromatic rings. The van der Waals surface area contributed by atoms with Crippen molar-refractivity contribution in [2.24, 2.45) is 11.7 Å². The molecule has 0 fully saturated rings. The van der Waals surface area contributed by atoms with Crippen LogP contribution in [-0.4, -0.2) is 35.4 Å². The van der Waals surface area contributed by atoms with E-state index in [0.717, 1.165) is 12.0 Å². The van der Waals surface area contributed by atoms with Gasteiger partial charge in [0.1, 0.15) is 0 Å². The van der Waals surface area contributed by atoms with Gasteiger partial charge in [0.2, 0.25) is 5.91 Å². The minimum Gasteiger partial charge on any atom is -0.345 e. The Labute approximate surface area is 121 Å². The maximum absolute atomic E-state index is 12.0. The van der Waals surface area contributed by atoms with Crippen molar-refractivity contribution in [3.8, 4) is 0 Å². The first-order valence-electron chi connectivity index (χ1n) is 6.39. The molecule has 0 spiro atoms. The number of hydrogen-bond donors (Lipinski definition) is 1. The standard InChI is InChI=1S/C14H23N3O.ClH/c1-11(2)13(15)6-8-17(3)14(18)9-12-5-4-7-16-10-12;/h4-5,7,10-11,13H,6,8-9,15H2,1-3H3;1H. The van der Waals surface area contributed by atoms with Crippen molar-refractivity contribution in [2.45, 2.75) is 32.7 Å². The number of halogens is 1. The van der Waals surface area contributed by atoms with E-state index in [-0.39, 0.29) is 24.4 Å². The van der Waals surface area contributed by atoms with Gasteiger partial charge in [0.15, 0.2) is 0 Å². The molecule has 1 atom stereocenters. The number of rotatable bonds is 6. The van der Waals surface area contributed by atoms with Crippen LogP contribution in [0.2, 0.25) is 0 Å². The lowest BCUT2D eigenvalue weighted by atomic mass is 10.0. The summed E-state index contributed by atoms with van der Waals surface area (Å²) in [6.07, 6.45) is 4.68. The summed E-state index contributed by atoms with van der Waals surface area (Å²) >= 11 is 0. The van der Waals surface area contributed by atoms with Crippen LogP contribution < -0.4 is 5.73 Å². The van der Waals surface area contributed by atoms with Gasteiger partial charge in [-0.25, -0.2) is 0 Å². The molecule has 1 amide bonds. The number of aromatic nitrogens is 1. The molecule has 0 aromatic carbocycles. The van der Waals surface area contributed by atoms with Crippen molar-refractivity contribution in [3.05, 3.63) is 30.1 Å². The highest BCUT2D eigenvalue weighted by atomic mass is 35.5. The predicted octanol–water partition coefficient (Wildman–Crippen LogP) is 1.88. The van der Waals surface area contributed by atoms with Crippen LogP contribution in [0.25, 0.3) is 0 Å². The van der Waals surface area contributed by atoms with E-state index in [1.807, 2.05) is 19.2 Å². The number of likely N-dealkylation sites (N-methyl/N-ethyl adjacent to an activating group) is 1. The van der Waals surface area contributed by atoms with E-state index in [1.54, 1.807) is 17.3 Å². The molecule has 2 N–H and O–H groups in total. The molecule has 0 aliphatic heterocycles. The quantitative estimate of drug-likeness (QED) is 0.868. The number of pyridine rings is 1. The van der Waals surface area contributed by atoms with Crippen molar-refractivity contribution in [1.82, 2.24) is 9.88 Å². The lowest BCUT2D eigenvalue weighted by Gasteiger charge is -2.21. The average molecular weight is 286 g/mol. The summed E-state index contributed by atoms with van der Waals surface area (Å²) in [5.41, 5.74) is 6.92. The van der Waals surface area contributed by atoms with E-state index in [9.17, 15) is 4.79 Å². The van der Waals surface area contributed by atoms with Crippen LogP contribution in [0.3, 0.4) is 0 Å². The zero-order valence-electron chi connectivity index (χ0n) is 11.9. The van der Waals surface area contributed by atoms with Gasteiger partial charge in [-0.2, -0.15) is 0 Å². The number of amides is 1. The second-order valence-electron chi connectivity index (χ2n) is 5.05. The molecule has 1 rings (SSSR count). The van der Waals surface area contributed by atoms with Gasteiger partial charge in [-0.15, -0.1) is 12.4 Å². The summed E-state index contributed by atoms with van der Waals surface area (Å²) in [6.45, 7) is 4.91. The lowest BCUT2D eigenvalue weighted by molar-refractivity contribution is -0.129. The number of carbonyl (C=O) groups excluding carboxylic acids is 1. The fraction of sp³-hybridized carbons (Fsp3) is 0.571. The third-order valence-corrected chi connectivity index (χ3v) is 3.16. The van der Waals surface area contributed by atoms with Crippen molar-refractivity contribution in [3.63, 3.8) is 0 Å². The molecule has 1 heterocycles. The van der Waals surface area contributed by atoms with Crippen LogP contribution in [0.4, 0.5) is 0 Å². The Morgan fingerprint density at radius 3 is 2.68 bits per heavy atom. The summed E-state index contributed by atoms with van der Waals surface area (Å²) in [6, 6.07) is 3.91. The largest absolute Gasteiger partial charge is 0.345 e. The van der Waals surface area contributed by atoms with Crippen molar-refractivity contribution in [1.29, 1.82) is 0 Å². The third kappa shape index (κ3) is 6.55.